The molecule has 48 heavy (non-hydrogen) atoms. The predicted molar refractivity (Wildman–Crippen MR) is 180 cm³/mol. The first kappa shape index (κ1) is 35.0. The molecule has 3 saturated carbocycles. The van der Waals surface area contributed by atoms with Gasteiger partial charge in [-0.3, -0.25) is 9.59 Å². The van der Waals surface area contributed by atoms with E-state index in [9.17, 15) is 19.8 Å². The maximum absolute atomic E-state index is 17.6. The van der Waals surface area contributed by atoms with Gasteiger partial charge in [0.1, 0.15) is 12.8 Å². The molecule has 4 fully saturated rings. The Morgan fingerprint density at radius 1 is 1.06 bits per heavy atom. The highest BCUT2D eigenvalue weighted by Gasteiger charge is 2.80. The van der Waals surface area contributed by atoms with Gasteiger partial charge in [-0.15, -0.1) is 0 Å². The number of hydrogen-bond acceptors (Lipinski definition) is 8. The molecule has 258 valence electrons. The molecule has 10 atom stereocenters. The van der Waals surface area contributed by atoms with Crippen molar-refractivity contribution in [2.75, 3.05) is 11.9 Å². The van der Waals surface area contributed by atoms with Crippen molar-refractivity contribution in [2.45, 2.75) is 106 Å². The van der Waals surface area contributed by atoms with Crippen molar-refractivity contribution in [1.82, 2.24) is 0 Å². The Labute approximate surface area is 285 Å². The molecule has 1 aliphatic heterocycles. The van der Waals surface area contributed by atoms with E-state index in [2.05, 4.69) is 31.3 Å². The van der Waals surface area contributed by atoms with Crippen molar-refractivity contribution < 1.29 is 38.1 Å². The van der Waals surface area contributed by atoms with E-state index in [1.807, 2.05) is 36.4 Å². The second-order valence-corrected chi connectivity index (χ2v) is 15.6. The molecule has 0 aromatic heterocycles. The molecule has 7 nitrogen and oxygen atoms in total. The lowest BCUT2D eigenvalue weighted by atomic mass is 9.44. The minimum absolute atomic E-state index is 0. The Hall–Kier alpha value is -2.89. The Kier molecular flexibility index (Phi) is 8.85. The zero-order chi connectivity index (χ0) is 33.5. The van der Waals surface area contributed by atoms with Gasteiger partial charge in [-0.05, 0) is 100 Å². The maximum atomic E-state index is 17.6. The average molecular weight is 682 g/mol. The van der Waals surface area contributed by atoms with Gasteiger partial charge >= 0.3 is 0 Å². The summed E-state index contributed by atoms with van der Waals surface area (Å²) in [5, 5.41) is 25.3. The number of nitrogens with one attached hydrogen (secondary N) is 1. The fourth-order valence-electron chi connectivity index (χ4n) is 9.50. The summed E-state index contributed by atoms with van der Waals surface area (Å²) < 4.78 is 46.4. The van der Waals surface area contributed by atoms with Gasteiger partial charge in [-0.1, -0.05) is 44.3 Å². The molecule has 1 saturated heterocycles. The number of Topliss-reactive ketones (excluding diaryl/α,β-unsaturated/α-hetero) is 1. The Morgan fingerprint density at radius 2 is 1.71 bits per heavy atom. The van der Waals surface area contributed by atoms with Crippen LogP contribution in [0, 0.1) is 22.7 Å². The van der Waals surface area contributed by atoms with E-state index in [0.717, 1.165) is 21.6 Å². The summed E-state index contributed by atoms with van der Waals surface area (Å²) in [6.07, 6.45) is -1.37. The number of aliphatic hydroxyl groups excluding tert-OH is 2. The summed E-state index contributed by atoms with van der Waals surface area (Å²) in [5.74, 6) is -2.59. The van der Waals surface area contributed by atoms with E-state index >= 15 is 8.78 Å². The number of anilines is 1. The number of alkyl halides is 2. The van der Waals surface area contributed by atoms with Crippen LogP contribution in [0.4, 0.5) is 14.5 Å². The van der Waals surface area contributed by atoms with Crippen LogP contribution in [0.2, 0.25) is 0 Å². The Bertz CT molecular complexity index is 1650. The second-order valence-electron chi connectivity index (χ2n) is 14.5. The number of aliphatic hydroxyl groups is 2. The fourth-order valence-corrected chi connectivity index (χ4v) is 10.3. The van der Waals surface area contributed by atoms with Crippen LogP contribution >= 0.6 is 11.8 Å². The minimum atomic E-state index is -2.29. The lowest BCUT2D eigenvalue weighted by Crippen LogP contribution is -2.70. The first-order valence-electron chi connectivity index (χ1n) is 16.3. The standard InChI is InChI=1S/C37H41F2NO6S.CH4/c1-20(2)40-22-7-11-25(12-8-22)47-24-9-5-21(6-10-24)33-45-32-17-26-27-16-29(38)28-15-23(42)13-14-34(28,3)36(27,39)30(43)18-35(26,4)37(32,46-33)31(44)19-41;/h5-15,20,26-27,29-30,32-33,40-41,43H,16-19H2,1-4H3;1H4/t26-,27-,29-,30-,32+,33?,34-,35-,36-,37+;/m0./s1. The van der Waals surface area contributed by atoms with E-state index in [1.54, 1.807) is 25.6 Å². The quantitative estimate of drug-likeness (QED) is 0.289. The predicted octanol–water partition coefficient (Wildman–Crippen LogP) is 6.94. The molecule has 0 amide bonds. The van der Waals surface area contributed by atoms with Crippen LogP contribution in [0.25, 0.3) is 0 Å². The van der Waals surface area contributed by atoms with Gasteiger partial charge in [-0.25, -0.2) is 8.78 Å². The molecule has 2 aromatic carbocycles. The molecule has 10 heteroatoms. The number of rotatable bonds is 7. The van der Waals surface area contributed by atoms with E-state index in [-0.39, 0.29) is 32.3 Å². The van der Waals surface area contributed by atoms with Crippen molar-refractivity contribution >= 4 is 29.0 Å². The zero-order valence-corrected chi connectivity index (χ0v) is 27.7. The largest absolute Gasteiger partial charge is 0.390 e. The van der Waals surface area contributed by atoms with E-state index in [0.29, 0.717) is 11.6 Å². The fraction of sp³-hybridized carbons (Fsp3) is 0.526. The van der Waals surface area contributed by atoms with Crippen LogP contribution in [-0.2, 0) is 19.1 Å². The lowest BCUT2D eigenvalue weighted by molar-refractivity contribution is -0.235. The first-order chi connectivity index (χ1) is 22.3. The number of halogens is 2. The smallest absolute Gasteiger partial charge is 0.193 e. The van der Waals surface area contributed by atoms with Crippen molar-refractivity contribution in [3.05, 3.63) is 77.9 Å². The van der Waals surface area contributed by atoms with Crippen LogP contribution in [0.3, 0.4) is 0 Å². The van der Waals surface area contributed by atoms with Gasteiger partial charge in [0.05, 0.1) is 12.2 Å². The summed E-state index contributed by atoms with van der Waals surface area (Å²) in [6.45, 7) is 6.68. The molecule has 1 unspecified atom stereocenters. The molecule has 5 aliphatic rings. The zero-order valence-electron chi connectivity index (χ0n) is 26.9. The number of ether oxygens (including phenoxy) is 2. The molecule has 0 spiro atoms. The van der Waals surface area contributed by atoms with E-state index in [1.165, 1.54) is 12.2 Å². The number of carbonyl (C=O) groups is 2. The van der Waals surface area contributed by atoms with Crippen LogP contribution in [-0.4, -0.2) is 64.1 Å². The van der Waals surface area contributed by atoms with Gasteiger partial charge < -0.3 is 25.0 Å². The molecular formula is C38H45F2NO6S. The third-order valence-electron chi connectivity index (χ3n) is 11.6. The monoisotopic (exact) mass is 681 g/mol. The molecule has 1 heterocycles. The Morgan fingerprint density at radius 3 is 2.33 bits per heavy atom. The van der Waals surface area contributed by atoms with Gasteiger partial charge in [0, 0.05) is 43.8 Å². The summed E-state index contributed by atoms with van der Waals surface area (Å²) in [4.78, 5) is 28.0. The van der Waals surface area contributed by atoms with Gasteiger partial charge in [0.2, 0.25) is 0 Å². The SMILES string of the molecule is C.CC(C)Nc1ccc(Sc2ccc(C3O[C@@H]4C[C@H]5[C@@H]6C[C@H](F)C7=CC(=O)C=C[C@]7(C)[C@@]6(F)[C@@H](O)C[C@]5(C)[C@]4(C(=O)CO)O3)cc2)cc1. The van der Waals surface area contributed by atoms with Crippen molar-refractivity contribution in [1.29, 1.82) is 0 Å². The van der Waals surface area contributed by atoms with Crippen LogP contribution in [0.15, 0.2) is 82.1 Å². The summed E-state index contributed by atoms with van der Waals surface area (Å²) >= 11 is 1.61. The second kappa shape index (κ2) is 12.2. The highest BCUT2D eigenvalue weighted by Crippen LogP contribution is 2.72. The Balaban J connectivity index is 0.00000401. The number of hydrogen-bond donors (Lipinski definition) is 3. The number of carbonyl (C=O) groups excluding carboxylic acids is 2. The average Bonchev–Trinajstić information content (AvgIpc) is 3.53. The van der Waals surface area contributed by atoms with Gasteiger partial charge in [-0.2, -0.15) is 0 Å². The highest BCUT2D eigenvalue weighted by atomic mass is 32.2. The minimum Gasteiger partial charge on any atom is -0.390 e. The molecule has 0 radical (unpaired) electrons. The van der Waals surface area contributed by atoms with Gasteiger partial charge in [0.25, 0.3) is 0 Å². The summed E-state index contributed by atoms with van der Waals surface area (Å²) in [6, 6.07) is 16.2. The highest BCUT2D eigenvalue weighted by molar-refractivity contribution is 7.99. The maximum Gasteiger partial charge on any atom is 0.193 e. The number of ketones is 2. The number of benzene rings is 2. The number of fused-ring (bicyclic) bond motifs is 7. The van der Waals surface area contributed by atoms with Crippen LogP contribution < -0.4 is 5.32 Å². The van der Waals surface area contributed by atoms with Gasteiger partial charge in [0.15, 0.2) is 29.1 Å². The summed E-state index contributed by atoms with van der Waals surface area (Å²) in [7, 11) is 0. The lowest BCUT2D eigenvalue weighted by Gasteiger charge is -2.63. The molecule has 3 N–H and O–H groups in total. The summed E-state index contributed by atoms with van der Waals surface area (Å²) in [5.41, 5.74) is -4.88. The van der Waals surface area contributed by atoms with Crippen molar-refractivity contribution in [3.63, 3.8) is 0 Å². The van der Waals surface area contributed by atoms with Crippen molar-refractivity contribution in [3.8, 4) is 0 Å². The molecule has 2 aromatic rings. The first-order valence-corrected chi connectivity index (χ1v) is 17.2. The molecular weight excluding hydrogens is 636 g/mol. The normalized spacial score (nSPS) is 39.5. The third kappa shape index (κ3) is 4.88. The topological polar surface area (TPSA) is 105 Å². The third-order valence-corrected chi connectivity index (χ3v) is 12.6. The van der Waals surface area contributed by atoms with Crippen LogP contribution in [0.1, 0.15) is 66.2 Å². The van der Waals surface area contributed by atoms with Crippen molar-refractivity contribution in [2.24, 2.45) is 22.7 Å². The molecule has 7 rings (SSSR count). The molecule has 0 bridgehead atoms. The van der Waals surface area contributed by atoms with Crippen LogP contribution in [0.5, 0.6) is 0 Å². The van der Waals surface area contributed by atoms with E-state index < -0.39 is 76.8 Å². The van der Waals surface area contributed by atoms with E-state index in [4.69, 9.17) is 9.47 Å². The number of allylic oxidation sites excluding steroid dienone is 4. The molecule has 4 aliphatic carbocycles.